The second-order valence-electron chi connectivity index (χ2n) is 5.27. The van der Waals surface area contributed by atoms with E-state index >= 15 is 0 Å². The second-order valence-corrected chi connectivity index (χ2v) is 6.87. The average Bonchev–Trinajstić information content (AvgIpc) is 2.87. The first-order valence-electron chi connectivity index (χ1n) is 7.10. The van der Waals surface area contributed by atoms with Crippen LogP contribution in [0.4, 0.5) is 11.4 Å². The Kier molecular flexibility index (Phi) is 4.01. The minimum absolute atomic E-state index is 0.0495. The minimum Gasteiger partial charge on any atom is -0.423 e. The quantitative estimate of drug-likeness (QED) is 0.691. The highest BCUT2D eigenvalue weighted by Gasteiger charge is 2.28. The van der Waals surface area contributed by atoms with Crippen molar-refractivity contribution in [2.24, 2.45) is 0 Å². The van der Waals surface area contributed by atoms with Gasteiger partial charge >= 0.3 is 7.12 Å². The summed E-state index contributed by atoms with van der Waals surface area (Å²) >= 11 is 0. The first-order chi connectivity index (χ1) is 10.9. The fraction of sp³-hybridized carbons (Fsp3) is 0.214. The van der Waals surface area contributed by atoms with Gasteiger partial charge in [-0.15, -0.1) is 0 Å². The van der Waals surface area contributed by atoms with E-state index in [9.17, 15) is 13.4 Å². The van der Waals surface area contributed by atoms with Gasteiger partial charge in [0.1, 0.15) is 0 Å². The van der Waals surface area contributed by atoms with E-state index in [4.69, 9.17) is 10.4 Å². The smallest absolute Gasteiger partial charge is 0.423 e. The molecule has 0 fully saturated rings. The highest BCUT2D eigenvalue weighted by Crippen LogP contribution is 2.21. The number of fused-ring (bicyclic) bond motifs is 1. The highest BCUT2D eigenvalue weighted by atomic mass is 32.2. The molecule has 0 saturated heterocycles. The number of hydrogen-bond acceptors (Lipinski definition) is 6. The number of pyridine rings is 1. The highest BCUT2D eigenvalue weighted by molar-refractivity contribution is 7.92. The Bertz CT molecular complexity index is 857. The fourth-order valence-electron chi connectivity index (χ4n) is 2.49. The number of nitrogens with two attached hydrogens (primary N) is 1. The summed E-state index contributed by atoms with van der Waals surface area (Å²) in [5.41, 5.74) is 8.35. The maximum absolute atomic E-state index is 12.6. The molecule has 9 heteroatoms. The van der Waals surface area contributed by atoms with Gasteiger partial charge in [0.25, 0.3) is 10.0 Å². The molecule has 0 saturated carbocycles. The third kappa shape index (κ3) is 3.03. The summed E-state index contributed by atoms with van der Waals surface area (Å²) in [6, 6.07) is 6.51. The van der Waals surface area contributed by atoms with Gasteiger partial charge in [0.15, 0.2) is 5.03 Å². The van der Waals surface area contributed by atoms with E-state index in [1.807, 2.05) is 6.92 Å². The van der Waals surface area contributed by atoms with Crippen LogP contribution in [0.1, 0.15) is 18.1 Å². The number of nitrogen functional groups attached to an aromatic ring is 1. The molecule has 0 radical (unpaired) electrons. The Labute approximate surface area is 134 Å². The topological polar surface area (TPSA) is 115 Å². The molecule has 0 aliphatic carbocycles. The molecule has 1 aromatic carbocycles. The van der Waals surface area contributed by atoms with Gasteiger partial charge in [0, 0.05) is 5.69 Å². The summed E-state index contributed by atoms with van der Waals surface area (Å²) in [7, 11) is -4.88. The van der Waals surface area contributed by atoms with Crippen LogP contribution in [0.15, 0.2) is 35.5 Å². The van der Waals surface area contributed by atoms with Crippen LogP contribution in [0.2, 0.25) is 0 Å². The van der Waals surface area contributed by atoms with Gasteiger partial charge in [-0.25, -0.2) is 4.98 Å². The Morgan fingerprint density at radius 3 is 2.96 bits per heavy atom. The molecule has 7 nitrogen and oxygen atoms in total. The molecule has 1 aromatic heterocycles. The molecule has 0 bridgehead atoms. The SMILES string of the molecule is CCc1cc(N)cnc1S(=O)(=O)Nc1ccc2c(c1)B(O)OC2. The molecule has 0 atom stereocenters. The minimum atomic E-state index is -3.85. The van der Waals surface area contributed by atoms with Crippen molar-refractivity contribution in [3.05, 3.63) is 41.6 Å². The third-order valence-electron chi connectivity index (χ3n) is 3.64. The summed E-state index contributed by atoms with van der Waals surface area (Å²) in [5.74, 6) is 0. The first-order valence-corrected chi connectivity index (χ1v) is 8.58. The summed E-state index contributed by atoms with van der Waals surface area (Å²) in [6.45, 7) is 2.14. The van der Waals surface area contributed by atoms with Crippen LogP contribution in [0.5, 0.6) is 0 Å². The zero-order valence-corrected chi connectivity index (χ0v) is 13.3. The number of anilines is 2. The van der Waals surface area contributed by atoms with E-state index in [0.717, 1.165) is 5.56 Å². The first kappa shape index (κ1) is 15.8. The summed E-state index contributed by atoms with van der Waals surface area (Å²) in [5, 5.41) is 9.66. The molecule has 1 aliphatic heterocycles. The molecule has 2 aromatic rings. The monoisotopic (exact) mass is 333 g/mol. The molecule has 0 unspecified atom stereocenters. The Balaban J connectivity index is 1.95. The lowest BCUT2D eigenvalue weighted by atomic mass is 9.79. The van der Waals surface area contributed by atoms with Crippen molar-refractivity contribution < 1.29 is 18.1 Å². The summed E-state index contributed by atoms with van der Waals surface area (Å²) in [4.78, 5) is 3.95. The zero-order chi connectivity index (χ0) is 16.6. The molecule has 0 spiro atoms. The lowest BCUT2D eigenvalue weighted by molar-refractivity contribution is 0.275. The number of hydrogen-bond donors (Lipinski definition) is 3. The van der Waals surface area contributed by atoms with Gasteiger partial charge < -0.3 is 15.4 Å². The molecular formula is C14H16BN3O4S. The lowest BCUT2D eigenvalue weighted by Gasteiger charge is -2.12. The predicted molar refractivity (Wildman–Crippen MR) is 87.7 cm³/mol. The summed E-state index contributed by atoms with van der Waals surface area (Å²) < 4.78 is 32.7. The molecule has 3 rings (SSSR count). The van der Waals surface area contributed by atoms with Crippen molar-refractivity contribution >= 4 is 34.0 Å². The van der Waals surface area contributed by atoms with Gasteiger partial charge in [-0.3, -0.25) is 4.72 Å². The lowest BCUT2D eigenvalue weighted by Crippen LogP contribution is -2.28. The molecule has 2 heterocycles. The van der Waals surface area contributed by atoms with Crippen molar-refractivity contribution in [2.75, 3.05) is 10.5 Å². The number of aryl methyl sites for hydroxylation is 1. The van der Waals surface area contributed by atoms with Gasteiger partial charge in [-0.05, 0) is 41.2 Å². The van der Waals surface area contributed by atoms with Crippen LogP contribution >= 0.6 is 0 Å². The molecule has 1 aliphatic rings. The van der Waals surface area contributed by atoms with Gasteiger partial charge in [-0.1, -0.05) is 13.0 Å². The van der Waals surface area contributed by atoms with Crippen LogP contribution in [-0.2, 0) is 27.7 Å². The fourth-order valence-corrected chi connectivity index (χ4v) is 3.77. The third-order valence-corrected chi connectivity index (χ3v) is 5.02. The van der Waals surface area contributed by atoms with Crippen LogP contribution < -0.4 is 15.9 Å². The van der Waals surface area contributed by atoms with Gasteiger partial charge in [-0.2, -0.15) is 8.42 Å². The van der Waals surface area contributed by atoms with Crippen molar-refractivity contribution in [1.29, 1.82) is 0 Å². The molecule has 120 valence electrons. The van der Waals surface area contributed by atoms with E-state index in [2.05, 4.69) is 9.71 Å². The Morgan fingerprint density at radius 1 is 1.43 bits per heavy atom. The van der Waals surface area contributed by atoms with Gasteiger partial charge in [0.05, 0.1) is 18.5 Å². The van der Waals surface area contributed by atoms with Crippen LogP contribution in [-0.4, -0.2) is 25.5 Å². The average molecular weight is 333 g/mol. The number of benzene rings is 1. The largest absolute Gasteiger partial charge is 0.491 e. The molecule has 23 heavy (non-hydrogen) atoms. The second kappa shape index (κ2) is 5.84. The molecular weight excluding hydrogens is 317 g/mol. The van der Waals surface area contributed by atoms with E-state index in [1.54, 1.807) is 24.3 Å². The van der Waals surface area contributed by atoms with E-state index in [0.29, 0.717) is 35.4 Å². The van der Waals surface area contributed by atoms with Crippen LogP contribution in [0.25, 0.3) is 0 Å². The van der Waals surface area contributed by atoms with Crippen LogP contribution in [0, 0.1) is 0 Å². The van der Waals surface area contributed by atoms with Crippen LogP contribution in [0.3, 0.4) is 0 Å². The number of nitrogens with one attached hydrogen (secondary N) is 1. The van der Waals surface area contributed by atoms with Crippen molar-refractivity contribution in [1.82, 2.24) is 4.98 Å². The number of aromatic nitrogens is 1. The van der Waals surface area contributed by atoms with E-state index < -0.39 is 17.1 Å². The number of sulfonamides is 1. The maximum atomic E-state index is 12.6. The van der Waals surface area contributed by atoms with Crippen molar-refractivity contribution in [2.45, 2.75) is 25.0 Å². The maximum Gasteiger partial charge on any atom is 0.491 e. The Hall–Kier alpha value is -2.10. The standard InChI is InChI=1S/C14H16BN3O4S/c1-2-9-5-11(16)7-17-14(9)23(20,21)18-12-4-3-10-8-22-15(19)13(10)6-12/h3-7,18-19H,2,8,16H2,1H3. The van der Waals surface area contributed by atoms with Crippen molar-refractivity contribution in [3.8, 4) is 0 Å². The zero-order valence-electron chi connectivity index (χ0n) is 12.5. The van der Waals surface area contributed by atoms with Gasteiger partial charge in [0.2, 0.25) is 0 Å². The van der Waals surface area contributed by atoms with E-state index in [-0.39, 0.29) is 5.03 Å². The van der Waals surface area contributed by atoms with E-state index in [1.165, 1.54) is 6.20 Å². The normalized spacial score (nSPS) is 13.9. The Morgan fingerprint density at radius 2 is 2.22 bits per heavy atom. The summed E-state index contributed by atoms with van der Waals surface area (Å²) in [6.07, 6.45) is 1.80. The molecule has 4 N–H and O–H groups in total. The number of rotatable bonds is 4. The predicted octanol–water partition coefficient (Wildman–Crippen LogP) is 0.245. The molecule has 0 amide bonds. The van der Waals surface area contributed by atoms with Crippen molar-refractivity contribution in [3.63, 3.8) is 0 Å². The number of nitrogens with zero attached hydrogens (tertiary/aromatic N) is 1.